The van der Waals surface area contributed by atoms with Crippen molar-refractivity contribution < 1.29 is 0 Å². The van der Waals surface area contributed by atoms with E-state index in [-0.39, 0.29) is 0 Å². The lowest BCUT2D eigenvalue weighted by Gasteiger charge is -2.15. The van der Waals surface area contributed by atoms with Crippen molar-refractivity contribution in [1.82, 2.24) is 9.78 Å². The van der Waals surface area contributed by atoms with Crippen LogP contribution in [-0.4, -0.2) is 15.8 Å². The maximum atomic E-state index is 4.31. The number of rotatable bonds is 8. The monoisotopic (exact) mass is 221 g/mol. The molecule has 16 heavy (non-hydrogen) atoms. The summed E-state index contributed by atoms with van der Waals surface area (Å²) in [6.07, 6.45) is 10.4. The van der Waals surface area contributed by atoms with Crippen molar-refractivity contribution in [2.75, 3.05) is 5.32 Å². The second-order valence-corrected chi connectivity index (χ2v) is 4.11. The first-order chi connectivity index (χ1) is 7.80. The lowest BCUT2D eigenvalue weighted by atomic mass is 10.1. The number of aromatic nitrogens is 2. The maximum Gasteiger partial charge on any atom is 0.0728 e. The lowest BCUT2D eigenvalue weighted by Crippen LogP contribution is -2.17. The third-order valence-corrected chi connectivity index (χ3v) is 2.67. The van der Waals surface area contributed by atoms with E-state index in [9.17, 15) is 0 Å². The summed E-state index contributed by atoms with van der Waals surface area (Å²) in [6.45, 7) is 9.12. The number of allylic oxidation sites excluding steroid dienone is 1. The Morgan fingerprint density at radius 1 is 1.56 bits per heavy atom. The van der Waals surface area contributed by atoms with Crippen LogP contribution in [0.2, 0.25) is 0 Å². The molecule has 0 amide bonds. The first kappa shape index (κ1) is 12.8. The number of aryl methyl sites for hydroxylation is 1. The van der Waals surface area contributed by atoms with E-state index in [1.165, 1.54) is 0 Å². The van der Waals surface area contributed by atoms with Gasteiger partial charge < -0.3 is 5.32 Å². The minimum atomic E-state index is 0.525. The topological polar surface area (TPSA) is 29.9 Å². The summed E-state index contributed by atoms with van der Waals surface area (Å²) in [7, 11) is 0. The normalized spacial score (nSPS) is 12.4. The molecule has 1 N–H and O–H groups in total. The Balaban J connectivity index is 2.45. The van der Waals surface area contributed by atoms with Crippen LogP contribution >= 0.6 is 0 Å². The third kappa shape index (κ3) is 4.09. The van der Waals surface area contributed by atoms with Crippen molar-refractivity contribution in [3.8, 4) is 0 Å². The maximum absolute atomic E-state index is 4.31. The first-order valence-corrected chi connectivity index (χ1v) is 6.20. The van der Waals surface area contributed by atoms with Crippen molar-refractivity contribution in [1.29, 1.82) is 0 Å². The summed E-state index contributed by atoms with van der Waals surface area (Å²) in [4.78, 5) is 0. The van der Waals surface area contributed by atoms with E-state index in [1.54, 1.807) is 0 Å². The average Bonchev–Trinajstić information content (AvgIpc) is 2.72. The molecule has 1 heterocycles. The Hall–Kier alpha value is -1.25. The highest BCUT2D eigenvalue weighted by Gasteiger charge is 2.06. The van der Waals surface area contributed by atoms with Gasteiger partial charge in [0.25, 0.3) is 0 Å². The molecule has 0 spiro atoms. The fourth-order valence-corrected chi connectivity index (χ4v) is 1.72. The van der Waals surface area contributed by atoms with E-state index in [0.29, 0.717) is 6.04 Å². The van der Waals surface area contributed by atoms with E-state index >= 15 is 0 Å². The molecule has 0 radical (unpaired) electrons. The van der Waals surface area contributed by atoms with Crippen LogP contribution in [0.25, 0.3) is 0 Å². The summed E-state index contributed by atoms with van der Waals surface area (Å²) in [6, 6.07) is 0.525. The van der Waals surface area contributed by atoms with Gasteiger partial charge in [0, 0.05) is 18.8 Å². The van der Waals surface area contributed by atoms with Crippen molar-refractivity contribution in [3.05, 3.63) is 25.0 Å². The standard InChI is InChI=1S/C13H23N3/c1-4-7-8-12(6-3)15-13-10-14-16(11-13)9-5-2/h4,10-12,15H,1,5-9H2,2-3H3. The number of hydrogen-bond acceptors (Lipinski definition) is 2. The van der Waals surface area contributed by atoms with Gasteiger partial charge in [-0.05, 0) is 25.7 Å². The van der Waals surface area contributed by atoms with Gasteiger partial charge in [-0.25, -0.2) is 0 Å². The molecule has 1 aromatic rings. The molecule has 0 aliphatic heterocycles. The summed E-state index contributed by atoms with van der Waals surface area (Å²) in [5.41, 5.74) is 1.13. The van der Waals surface area contributed by atoms with Gasteiger partial charge >= 0.3 is 0 Å². The molecule has 1 unspecified atom stereocenters. The molecule has 0 saturated heterocycles. The summed E-state index contributed by atoms with van der Waals surface area (Å²) in [5, 5.41) is 7.82. The van der Waals surface area contributed by atoms with Crippen LogP contribution in [0.3, 0.4) is 0 Å². The van der Waals surface area contributed by atoms with Gasteiger partial charge in [0.2, 0.25) is 0 Å². The Labute approximate surface area is 98.5 Å². The Morgan fingerprint density at radius 3 is 3.00 bits per heavy atom. The molecule has 3 heteroatoms. The molecule has 1 aromatic heterocycles. The van der Waals surface area contributed by atoms with Gasteiger partial charge in [0.1, 0.15) is 0 Å². The van der Waals surface area contributed by atoms with Gasteiger partial charge in [0.05, 0.1) is 11.9 Å². The highest BCUT2D eigenvalue weighted by atomic mass is 15.3. The largest absolute Gasteiger partial charge is 0.380 e. The van der Waals surface area contributed by atoms with Crippen LogP contribution < -0.4 is 5.32 Å². The number of nitrogens with one attached hydrogen (secondary N) is 1. The zero-order valence-electron chi connectivity index (χ0n) is 10.4. The van der Waals surface area contributed by atoms with Crippen molar-refractivity contribution in [2.45, 2.75) is 52.1 Å². The van der Waals surface area contributed by atoms with Gasteiger partial charge in [-0.15, -0.1) is 6.58 Å². The molecular weight excluding hydrogens is 198 g/mol. The highest BCUT2D eigenvalue weighted by molar-refractivity contribution is 5.39. The second-order valence-electron chi connectivity index (χ2n) is 4.11. The molecule has 0 aliphatic rings. The van der Waals surface area contributed by atoms with Crippen molar-refractivity contribution >= 4 is 5.69 Å². The Bertz CT molecular complexity index is 304. The average molecular weight is 221 g/mol. The van der Waals surface area contributed by atoms with E-state index in [2.05, 4.69) is 37.0 Å². The van der Waals surface area contributed by atoms with E-state index in [0.717, 1.165) is 37.9 Å². The molecule has 90 valence electrons. The summed E-state index contributed by atoms with van der Waals surface area (Å²) in [5.74, 6) is 0. The van der Waals surface area contributed by atoms with Crippen LogP contribution in [0.1, 0.15) is 39.5 Å². The van der Waals surface area contributed by atoms with E-state index in [4.69, 9.17) is 0 Å². The zero-order valence-corrected chi connectivity index (χ0v) is 10.4. The molecule has 0 aromatic carbocycles. The van der Waals surface area contributed by atoms with Crippen LogP contribution in [0, 0.1) is 0 Å². The molecule has 3 nitrogen and oxygen atoms in total. The van der Waals surface area contributed by atoms with E-state index in [1.807, 2.05) is 17.0 Å². The number of anilines is 1. The van der Waals surface area contributed by atoms with Crippen LogP contribution in [0.5, 0.6) is 0 Å². The molecule has 0 bridgehead atoms. The molecular formula is C13H23N3. The van der Waals surface area contributed by atoms with Crippen molar-refractivity contribution in [2.24, 2.45) is 0 Å². The predicted molar refractivity (Wildman–Crippen MR) is 69.7 cm³/mol. The minimum absolute atomic E-state index is 0.525. The fraction of sp³-hybridized carbons (Fsp3) is 0.615. The Morgan fingerprint density at radius 2 is 2.38 bits per heavy atom. The van der Waals surface area contributed by atoms with Gasteiger partial charge in [-0.1, -0.05) is 19.9 Å². The third-order valence-electron chi connectivity index (χ3n) is 2.67. The predicted octanol–water partition coefficient (Wildman–Crippen LogP) is 3.45. The van der Waals surface area contributed by atoms with Gasteiger partial charge in [-0.3, -0.25) is 4.68 Å². The quantitative estimate of drug-likeness (QED) is 0.681. The molecule has 1 atom stereocenters. The molecule has 0 aliphatic carbocycles. The fourth-order valence-electron chi connectivity index (χ4n) is 1.72. The highest BCUT2D eigenvalue weighted by Crippen LogP contribution is 2.12. The van der Waals surface area contributed by atoms with Gasteiger partial charge in [-0.2, -0.15) is 5.10 Å². The molecule has 1 rings (SSSR count). The first-order valence-electron chi connectivity index (χ1n) is 6.20. The molecule has 0 saturated carbocycles. The van der Waals surface area contributed by atoms with Crippen LogP contribution in [0.15, 0.2) is 25.0 Å². The second kappa shape index (κ2) is 7.09. The van der Waals surface area contributed by atoms with Crippen molar-refractivity contribution in [3.63, 3.8) is 0 Å². The SMILES string of the molecule is C=CCCC(CC)Nc1cnn(CCC)c1. The minimum Gasteiger partial charge on any atom is -0.380 e. The van der Waals surface area contributed by atoms with Gasteiger partial charge in [0.15, 0.2) is 0 Å². The smallest absolute Gasteiger partial charge is 0.0728 e. The Kier molecular flexibility index (Phi) is 5.68. The van der Waals surface area contributed by atoms with E-state index < -0.39 is 0 Å². The number of hydrogen-bond donors (Lipinski definition) is 1. The summed E-state index contributed by atoms with van der Waals surface area (Å²) >= 11 is 0. The summed E-state index contributed by atoms with van der Waals surface area (Å²) < 4.78 is 1.99. The zero-order chi connectivity index (χ0) is 11.8. The molecule has 0 fully saturated rings. The lowest BCUT2D eigenvalue weighted by molar-refractivity contribution is 0.602. The number of nitrogens with zero attached hydrogens (tertiary/aromatic N) is 2. The van der Waals surface area contributed by atoms with Crippen LogP contribution in [0.4, 0.5) is 5.69 Å². The van der Waals surface area contributed by atoms with Crippen LogP contribution in [-0.2, 0) is 6.54 Å².